The van der Waals surface area contributed by atoms with E-state index in [2.05, 4.69) is 39.7 Å². The van der Waals surface area contributed by atoms with Gasteiger partial charge in [-0.2, -0.15) is 4.98 Å². The Bertz CT molecular complexity index is 916. The van der Waals surface area contributed by atoms with Gasteiger partial charge < -0.3 is 14.7 Å². The van der Waals surface area contributed by atoms with Crippen molar-refractivity contribution >= 4 is 5.91 Å². The number of carbonyl (C=O) groups is 1. The molecule has 1 fully saturated rings. The van der Waals surface area contributed by atoms with Crippen molar-refractivity contribution in [1.82, 2.24) is 15.5 Å². The van der Waals surface area contributed by atoms with Gasteiger partial charge in [-0.1, -0.05) is 59.8 Å². The van der Waals surface area contributed by atoms with Crippen LogP contribution in [0.15, 0.2) is 59.1 Å². The third-order valence-corrected chi connectivity index (χ3v) is 5.34. The predicted octanol–water partition coefficient (Wildman–Crippen LogP) is 2.16. The van der Waals surface area contributed by atoms with Crippen LogP contribution in [0, 0.1) is 0 Å². The van der Waals surface area contributed by atoms with Crippen molar-refractivity contribution in [2.24, 2.45) is 0 Å². The van der Waals surface area contributed by atoms with Gasteiger partial charge in [-0.15, -0.1) is 0 Å². The van der Waals surface area contributed by atoms with Crippen LogP contribution in [0.3, 0.4) is 0 Å². The Morgan fingerprint density at radius 1 is 1.00 bits per heavy atom. The molecular formula is C23H27N4O2+. The molecule has 1 aliphatic heterocycles. The highest BCUT2D eigenvalue weighted by Crippen LogP contribution is 2.15. The monoisotopic (exact) mass is 391 g/mol. The first-order chi connectivity index (χ1) is 14.3. The van der Waals surface area contributed by atoms with E-state index >= 15 is 0 Å². The molecule has 0 radical (unpaired) electrons. The molecule has 0 aliphatic carbocycles. The van der Waals surface area contributed by atoms with Crippen molar-refractivity contribution in [2.45, 2.75) is 38.8 Å². The lowest BCUT2D eigenvalue weighted by atomic mass is 10.1. The van der Waals surface area contributed by atoms with E-state index in [0.29, 0.717) is 31.1 Å². The molecule has 0 spiro atoms. The highest BCUT2D eigenvalue weighted by Gasteiger charge is 2.15. The summed E-state index contributed by atoms with van der Waals surface area (Å²) in [7, 11) is 0. The summed E-state index contributed by atoms with van der Waals surface area (Å²) in [5.74, 6) is 1.01. The van der Waals surface area contributed by atoms with Gasteiger partial charge in [0.05, 0.1) is 13.1 Å². The third kappa shape index (κ3) is 5.51. The topological polar surface area (TPSA) is 72.5 Å². The first-order valence-corrected chi connectivity index (χ1v) is 10.3. The Kier molecular flexibility index (Phi) is 6.32. The van der Waals surface area contributed by atoms with Gasteiger partial charge in [0.25, 0.3) is 0 Å². The van der Waals surface area contributed by atoms with Crippen LogP contribution in [0.25, 0.3) is 11.4 Å². The van der Waals surface area contributed by atoms with Crippen molar-refractivity contribution in [3.8, 4) is 11.4 Å². The van der Waals surface area contributed by atoms with Gasteiger partial charge in [0.1, 0.15) is 6.54 Å². The number of hydrogen-bond acceptors (Lipinski definition) is 4. The largest absolute Gasteiger partial charge is 0.352 e. The fraction of sp³-hybridized carbons (Fsp3) is 0.348. The Morgan fingerprint density at radius 2 is 1.72 bits per heavy atom. The minimum absolute atomic E-state index is 0.0185. The van der Waals surface area contributed by atoms with E-state index in [9.17, 15) is 4.79 Å². The lowest BCUT2D eigenvalue weighted by molar-refractivity contribution is -0.901. The lowest BCUT2D eigenvalue weighted by Gasteiger charge is -2.12. The van der Waals surface area contributed by atoms with Gasteiger partial charge in [0, 0.05) is 43.4 Å². The number of benzene rings is 2. The van der Waals surface area contributed by atoms with E-state index in [0.717, 1.165) is 17.7 Å². The van der Waals surface area contributed by atoms with Crippen molar-refractivity contribution in [3.05, 3.63) is 71.6 Å². The second kappa shape index (κ2) is 9.47. The van der Waals surface area contributed by atoms with E-state index in [1.54, 1.807) is 4.90 Å². The van der Waals surface area contributed by atoms with Crippen LogP contribution < -0.4 is 10.2 Å². The van der Waals surface area contributed by atoms with E-state index in [4.69, 9.17) is 4.52 Å². The number of aryl methyl sites for hydroxylation is 1. The van der Waals surface area contributed by atoms with Crippen LogP contribution in [-0.4, -0.2) is 29.1 Å². The zero-order valence-corrected chi connectivity index (χ0v) is 16.6. The summed E-state index contributed by atoms with van der Waals surface area (Å²) in [6.45, 7) is 4.20. The van der Waals surface area contributed by atoms with Crippen molar-refractivity contribution in [2.75, 3.05) is 13.1 Å². The van der Waals surface area contributed by atoms with E-state index < -0.39 is 0 Å². The van der Waals surface area contributed by atoms with Gasteiger partial charge in [0.15, 0.2) is 0 Å². The third-order valence-electron chi connectivity index (χ3n) is 5.34. The maximum atomic E-state index is 12.2. The average molecular weight is 391 g/mol. The zero-order valence-electron chi connectivity index (χ0n) is 16.6. The van der Waals surface area contributed by atoms with Gasteiger partial charge in [-0.3, -0.25) is 4.79 Å². The van der Waals surface area contributed by atoms with Gasteiger partial charge in [-0.25, -0.2) is 0 Å². The lowest BCUT2D eigenvalue weighted by Crippen LogP contribution is -3.08. The SMILES string of the molecule is O=C(CCc1nc(-c2ccccc2)no1)NCc1ccc(C[NH+]2CCCC2)cc1. The zero-order chi connectivity index (χ0) is 19.9. The Balaban J connectivity index is 1.20. The van der Waals surface area contributed by atoms with Crippen molar-refractivity contribution < 1.29 is 14.2 Å². The second-order valence-electron chi connectivity index (χ2n) is 7.60. The summed E-state index contributed by atoms with van der Waals surface area (Å²) in [5, 5.41) is 6.95. The predicted molar refractivity (Wildman–Crippen MR) is 110 cm³/mol. The number of nitrogens with one attached hydrogen (secondary N) is 2. The fourth-order valence-corrected chi connectivity index (χ4v) is 3.69. The van der Waals surface area contributed by atoms with Crippen molar-refractivity contribution in [3.63, 3.8) is 0 Å². The summed E-state index contributed by atoms with van der Waals surface area (Å²) >= 11 is 0. The summed E-state index contributed by atoms with van der Waals surface area (Å²) in [6, 6.07) is 18.2. The number of quaternary nitrogens is 1. The van der Waals surface area contributed by atoms with E-state index in [1.807, 2.05) is 30.3 Å². The number of likely N-dealkylation sites (tertiary alicyclic amines) is 1. The van der Waals surface area contributed by atoms with Gasteiger partial charge >= 0.3 is 0 Å². The molecule has 2 heterocycles. The Hall–Kier alpha value is -2.99. The number of aromatic nitrogens is 2. The molecule has 1 saturated heterocycles. The van der Waals surface area contributed by atoms with E-state index in [-0.39, 0.29) is 5.91 Å². The summed E-state index contributed by atoms with van der Waals surface area (Å²) < 4.78 is 5.26. The quantitative estimate of drug-likeness (QED) is 0.617. The van der Waals surface area contributed by atoms with Crippen LogP contribution in [-0.2, 0) is 24.3 Å². The Morgan fingerprint density at radius 3 is 2.48 bits per heavy atom. The van der Waals surface area contributed by atoms with E-state index in [1.165, 1.54) is 31.5 Å². The molecule has 1 aliphatic rings. The maximum Gasteiger partial charge on any atom is 0.227 e. The molecule has 0 unspecified atom stereocenters. The molecule has 6 nitrogen and oxygen atoms in total. The van der Waals surface area contributed by atoms with Crippen LogP contribution in [0.1, 0.15) is 36.3 Å². The minimum Gasteiger partial charge on any atom is -0.352 e. The number of carbonyl (C=O) groups excluding carboxylic acids is 1. The van der Waals surface area contributed by atoms with Crippen LogP contribution in [0.5, 0.6) is 0 Å². The molecule has 1 aromatic heterocycles. The molecule has 6 heteroatoms. The highest BCUT2D eigenvalue weighted by molar-refractivity contribution is 5.76. The standard InChI is InChI=1S/C23H26N4O2/c28-21(12-13-22-25-23(26-29-22)20-6-2-1-3-7-20)24-16-18-8-10-19(11-9-18)17-27-14-4-5-15-27/h1-3,6-11H,4-5,12-17H2,(H,24,28)/p+1. The number of rotatable bonds is 8. The number of hydrogen-bond donors (Lipinski definition) is 2. The summed E-state index contributed by atoms with van der Waals surface area (Å²) in [5.41, 5.74) is 3.38. The summed E-state index contributed by atoms with van der Waals surface area (Å²) in [6.07, 6.45) is 3.45. The highest BCUT2D eigenvalue weighted by atomic mass is 16.5. The van der Waals surface area contributed by atoms with Crippen LogP contribution in [0.4, 0.5) is 0 Å². The molecule has 0 bridgehead atoms. The number of amides is 1. The average Bonchev–Trinajstić information content (AvgIpc) is 3.45. The van der Waals surface area contributed by atoms with Crippen LogP contribution >= 0.6 is 0 Å². The van der Waals surface area contributed by atoms with Gasteiger partial charge in [0.2, 0.25) is 17.6 Å². The molecular weight excluding hydrogens is 364 g/mol. The molecule has 0 saturated carbocycles. The second-order valence-corrected chi connectivity index (χ2v) is 7.60. The molecule has 3 aromatic rings. The van der Waals surface area contributed by atoms with Gasteiger partial charge in [-0.05, 0) is 5.56 Å². The smallest absolute Gasteiger partial charge is 0.227 e. The van der Waals surface area contributed by atoms with Crippen LogP contribution in [0.2, 0.25) is 0 Å². The molecule has 2 aromatic carbocycles. The normalized spacial score (nSPS) is 14.2. The number of nitrogens with zero attached hydrogens (tertiary/aromatic N) is 2. The fourth-order valence-electron chi connectivity index (χ4n) is 3.69. The summed E-state index contributed by atoms with van der Waals surface area (Å²) in [4.78, 5) is 18.2. The maximum absolute atomic E-state index is 12.2. The first kappa shape index (κ1) is 19.3. The molecule has 2 N–H and O–H groups in total. The first-order valence-electron chi connectivity index (χ1n) is 10.3. The molecule has 0 atom stereocenters. The molecule has 150 valence electrons. The molecule has 1 amide bonds. The minimum atomic E-state index is -0.0185. The molecule has 4 rings (SSSR count). The molecule has 29 heavy (non-hydrogen) atoms. The van der Waals surface area contributed by atoms with Crippen molar-refractivity contribution in [1.29, 1.82) is 0 Å². The Labute approximate surface area is 170 Å².